The zero-order valence-electron chi connectivity index (χ0n) is 41.7. The summed E-state index contributed by atoms with van der Waals surface area (Å²) >= 11 is 0. The van der Waals surface area contributed by atoms with Crippen LogP contribution in [0.3, 0.4) is 0 Å². The Morgan fingerprint density at radius 3 is 0.627 bits per heavy atom. The van der Waals surface area contributed by atoms with Gasteiger partial charge in [-0.2, -0.15) is 0 Å². The number of unbranched alkanes of at least 4 members (excludes halogenated alkanes) is 27. The molecule has 9 nitrogen and oxygen atoms in total. The smallest absolute Gasteiger partial charge is 0.744 e. The molecule has 0 spiro atoms. The van der Waals surface area contributed by atoms with E-state index in [-0.39, 0.29) is 56.4 Å². The molecule has 3 rings (SSSR count). The molecule has 0 aromatic heterocycles. The zero-order chi connectivity index (χ0) is 48.8. The monoisotopic (exact) mass is 1120 g/mol. The van der Waals surface area contributed by atoms with Gasteiger partial charge in [-0.05, 0) is 73.4 Å². The molecule has 379 valence electrons. The summed E-state index contributed by atoms with van der Waals surface area (Å²) in [5, 5.41) is 0. The van der Waals surface area contributed by atoms with E-state index in [1.807, 2.05) is 0 Å². The topological polar surface area (TPSA) is 172 Å². The van der Waals surface area contributed by atoms with E-state index in [1.165, 1.54) is 172 Å². The second-order valence-electron chi connectivity index (χ2n) is 18.0. The van der Waals surface area contributed by atoms with E-state index < -0.39 is 30.4 Å². The Hall–Kier alpha value is -1.23. The molecule has 0 saturated heterocycles. The van der Waals surface area contributed by atoms with Gasteiger partial charge in [0.1, 0.15) is 30.4 Å². The molecule has 0 bridgehead atoms. The van der Waals surface area contributed by atoms with Crippen molar-refractivity contribution in [2.24, 2.45) is 0 Å². The third-order valence-electron chi connectivity index (χ3n) is 12.1. The van der Waals surface area contributed by atoms with Crippen molar-refractivity contribution < 1.29 is 80.7 Å². The maximum atomic E-state index is 11.2. The summed E-state index contributed by atoms with van der Waals surface area (Å²) in [7, 11) is -13.0. The van der Waals surface area contributed by atoms with Crippen molar-refractivity contribution >= 4 is 30.4 Å². The first-order valence-electron chi connectivity index (χ1n) is 25.8. The van der Waals surface area contributed by atoms with Crippen molar-refractivity contribution in [1.29, 1.82) is 0 Å². The number of hydrogen-bond donors (Lipinski definition) is 0. The van der Waals surface area contributed by atoms with Crippen LogP contribution >= 0.6 is 0 Å². The fourth-order valence-corrected chi connectivity index (χ4v) is 10.5. The normalized spacial score (nSPS) is 11.6. The van der Waals surface area contributed by atoms with Crippen LogP contribution in [-0.4, -0.2) is 38.9 Å². The number of benzene rings is 3. The quantitative estimate of drug-likeness (QED) is 0.0406. The van der Waals surface area contributed by atoms with Gasteiger partial charge in [0.25, 0.3) is 0 Å². The van der Waals surface area contributed by atoms with E-state index in [1.54, 1.807) is 54.6 Å². The second-order valence-corrected chi connectivity index (χ2v) is 22.0. The fraction of sp³-hybridized carbons (Fsp3) is 0.667. The molecule has 13 heteroatoms. The summed E-state index contributed by atoms with van der Waals surface area (Å²) in [4.78, 5) is -0.150. The van der Waals surface area contributed by atoms with Crippen molar-refractivity contribution in [2.75, 3.05) is 0 Å². The molecule has 0 aliphatic carbocycles. The molecule has 0 fully saturated rings. The first-order chi connectivity index (χ1) is 31.7. The van der Waals surface area contributed by atoms with E-state index in [9.17, 15) is 38.9 Å². The number of hydrogen-bond acceptors (Lipinski definition) is 9. The summed E-state index contributed by atoms with van der Waals surface area (Å²) in [6.45, 7) is 6.70. The van der Waals surface area contributed by atoms with Gasteiger partial charge in [-0.3, -0.25) is 0 Å². The van der Waals surface area contributed by atoms with Gasteiger partial charge >= 0.3 is 41.7 Å². The number of aryl methyl sites for hydroxylation is 3. The van der Waals surface area contributed by atoms with Gasteiger partial charge in [-0.15, -0.1) is 0 Å². The van der Waals surface area contributed by atoms with Gasteiger partial charge in [0.15, 0.2) is 0 Å². The summed E-state index contributed by atoms with van der Waals surface area (Å²) in [5.74, 6) is 0. The Morgan fingerprint density at radius 2 is 0.448 bits per heavy atom. The van der Waals surface area contributed by atoms with Crippen molar-refractivity contribution in [3.05, 3.63) is 89.5 Å². The van der Waals surface area contributed by atoms with Gasteiger partial charge in [0.05, 0.1) is 14.7 Å². The molecule has 0 aliphatic heterocycles. The van der Waals surface area contributed by atoms with Gasteiger partial charge < -0.3 is 13.7 Å². The molecule has 3 aromatic carbocycles. The van der Waals surface area contributed by atoms with E-state index in [0.717, 1.165) is 38.5 Å². The minimum Gasteiger partial charge on any atom is -0.744 e. The molecule has 0 N–H and O–H groups in total. The average molecular weight is 1120 g/mol. The van der Waals surface area contributed by atoms with Crippen LogP contribution in [0, 0.1) is 41.7 Å². The third-order valence-corrected chi connectivity index (χ3v) is 14.9. The molecular formula is C54H87CeO9S3. The summed E-state index contributed by atoms with van der Waals surface area (Å²) in [6.07, 6.45) is 39.5. The van der Waals surface area contributed by atoms with E-state index in [2.05, 4.69) is 20.8 Å². The largest absolute Gasteiger partial charge is 3.00 e. The SMILES string of the molecule is CCCCCCCCCCCCc1ccccc1S(=O)(=O)[O-].CCCCCCCCCCCCc1ccccc1S(=O)(=O)[O-].CCCCCCCCCCCCc1ccccc1S(=O)(=O)[O-].[Ce+3]. The molecule has 3 aromatic rings. The van der Waals surface area contributed by atoms with Gasteiger partial charge in [-0.25, -0.2) is 25.3 Å². The Bertz CT molecular complexity index is 1760. The molecular weight excluding hydrogens is 1030 g/mol. The predicted octanol–water partition coefficient (Wildman–Crippen LogP) is 15.2. The summed E-state index contributed by atoms with van der Waals surface area (Å²) in [5.41, 5.74) is 1.99. The third kappa shape index (κ3) is 34.7. The Balaban J connectivity index is 0.000000968. The van der Waals surface area contributed by atoms with E-state index >= 15 is 0 Å². The van der Waals surface area contributed by atoms with E-state index in [4.69, 9.17) is 0 Å². The van der Waals surface area contributed by atoms with Crippen LogP contribution in [0.5, 0.6) is 0 Å². The molecule has 0 atom stereocenters. The Kier molecular flexibility index (Phi) is 40.6. The fourth-order valence-electron chi connectivity index (χ4n) is 8.27. The van der Waals surface area contributed by atoms with Crippen molar-refractivity contribution in [2.45, 2.75) is 247 Å². The predicted molar refractivity (Wildman–Crippen MR) is 270 cm³/mol. The maximum absolute atomic E-state index is 11.2. The van der Waals surface area contributed by atoms with Crippen molar-refractivity contribution in [1.82, 2.24) is 0 Å². The van der Waals surface area contributed by atoms with E-state index in [0.29, 0.717) is 36.0 Å². The summed E-state index contributed by atoms with van der Waals surface area (Å²) in [6, 6.07) is 19.7. The van der Waals surface area contributed by atoms with Crippen LogP contribution in [0.4, 0.5) is 0 Å². The van der Waals surface area contributed by atoms with Crippen LogP contribution in [0.1, 0.15) is 230 Å². The van der Waals surface area contributed by atoms with Crippen LogP contribution in [0.25, 0.3) is 0 Å². The molecule has 0 unspecified atom stereocenters. The minimum atomic E-state index is -4.35. The Morgan fingerprint density at radius 1 is 0.284 bits per heavy atom. The van der Waals surface area contributed by atoms with Crippen LogP contribution in [0.15, 0.2) is 87.5 Å². The molecule has 0 heterocycles. The van der Waals surface area contributed by atoms with Gasteiger partial charge in [0.2, 0.25) is 0 Å². The standard InChI is InChI=1S/3C18H30O3S.Ce/c3*1-2-3-4-5-6-7-8-9-10-11-14-17-15-12-13-16-18(17)22(19,20)21;/h3*12-13,15-16H,2-11,14H2,1H3,(H,19,20,21);/q;;;+3/p-3. The molecule has 0 amide bonds. The molecule has 67 heavy (non-hydrogen) atoms. The van der Waals surface area contributed by atoms with Crippen molar-refractivity contribution in [3.8, 4) is 0 Å². The van der Waals surface area contributed by atoms with Gasteiger partial charge in [0, 0.05) is 0 Å². The van der Waals surface area contributed by atoms with Crippen LogP contribution < -0.4 is 0 Å². The first kappa shape index (κ1) is 65.8. The molecule has 0 saturated carbocycles. The second kappa shape index (κ2) is 41.4. The van der Waals surface area contributed by atoms with Crippen molar-refractivity contribution in [3.63, 3.8) is 0 Å². The van der Waals surface area contributed by atoms with Gasteiger partial charge in [-0.1, -0.05) is 249 Å². The number of rotatable bonds is 36. The average Bonchev–Trinajstić information content (AvgIpc) is 3.28. The summed E-state index contributed by atoms with van der Waals surface area (Å²) < 4.78 is 101. The van der Waals surface area contributed by atoms with Crippen LogP contribution in [-0.2, 0) is 49.6 Å². The Labute approximate surface area is 443 Å². The first-order valence-corrected chi connectivity index (χ1v) is 30.0. The minimum absolute atomic E-state index is 0. The van der Waals surface area contributed by atoms with Crippen LogP contribution in [0.2, 0.25) is 0 Å². The molecule has 1 radical (unpaired) electrons. The zero-order valence-corrected chi connectivity index (χ0v) is 47.3. The molecule has 0 aliphatic rings. The maximum Gasteiger partial charge on any atom is 3.00 e.